The molecule has 1 aliphatic rings. The van der Waals surface area contributed by atoms with Crippen LogP contribution in [-0.4, -0.2) is 25.7 Å². The quantitative estimate of drug-likeness (QED) is 0.398. The summed E-state index contributed by atoms with van der Waals surface area (Å²) in [7, 11) is 1.45. The van der Waals surface area contributed by atoms with E-state index in [1.165, 1.54) is 7.11 Å². The molecule has 0 aromatic rings. The van der Waals surface area contributed by atoms with E-state index in [0.717, 1.165) is 25.8 Å². The Kier molecular flexibility index (Phi) is 4.66. The molecule has 14 heavy (non-hydrogen) atoms. The summed E-state index contributed by atoms with van der Waals surface area (Å²) >= 11 is 0. The molecule has 3 nitrogen and oxygen atoms in total. The van der Waals surface area contributed by atoms with Crippen LogP contribution in [0.2, 0.25) is 0 Å². The highest BCUT2D eigenvalue weighted by Gasteiger charge is 2.36. The first-order valence-corrected chi connectivity index (χ1v) is 5.22. The molecule has 0 radical (unpaired) electrons. The Hall–Kier alpha value is -0.830. The summed E-state index contributed by atoms with van der Waals surface area (Å²) in [6, 6.07) is -0.0785. The number of hydrogen-bond donors (Lipinski definition) is 1. The number of carbonyl (C=O) groups excluding carboxylic acids is 1. The van der Waals surface area contributed by atoms with E-state index in [1.54, 1.807) is 0 Å². The van der Waals surface area contributed by atoms with E-state index >= 15 is 0 Å². The molecule has 1 fully saturated rings. The van der Waals surface area contributed by atoms with Crippen LogP contribution in [0.4, 0.5) is 0 Å². The van der Waals surface area contributed by atoms with Crippen LogP contribution in [0.15, 0.2) is 12.2 Å². The largest absolute Gasteiger partial charge is 0.468 e. The number of carbonyl (C=O) groups is 1. The lowest BCUT2D eigenvalue weighted by atomic mass is 10.2. The van der Waals surface area contributed by atoms with E-state index < -0.39 is 0 Å². The molecule has 1 aliphatic carbocycles. The third kappa shape index (κ3) is 3.50. The van der Waals surface area contributed by atoms with Gasteiger partial charge in [0.05, 0.1) is 7.11 Å². The van der Waals surface area contributed by atoms with Crippen molar-refractivity contribution >= 4 is 5.97 Å². The topological polar surface area (TPSA) is 38.3 Å². The van der Waals surface area contributed by atoms with Gasteiger partial charge in [0.15, 0.2) is 0 Å². The highest BCUT2D eigenvalue weighted by molar-refractivity contribution is 5.76. The zero-order valence-corrected chi connectivity index (χ0v) is 8.95. The Morgan fingerprint density at radius 1 is 1.64 bits per heavy atom. The summed E-state index contributed by atoms with van der Waals surface area (Å²) in [6.45, 7) is 2.85. The first-order valence-electron chi connectivity index (χ1n) is 5.22. The van der Waals surface area contributed by atoms with Crippen LogP contribution < -0.4 is 5.32 Å². The summed E-state index contributed by atoms with van der Waals surface area (Å²) in [6.07, 6.45) is 7.38. The van der Waals surface area contributed by atoms with E-state index in [-0.39, 0.29) is 12.0 Å². The van der Waals surface area contributed by atoms with Crippen LogP contribution in [0.5, 0.6) is 0 Å². The number of methoxy groups -OCH3 is 1. The molecule has 3 heteroatoms. The fourth-order valence-electron chi connectivity index (χ4n) is 1.49. The minimum Gasteiger partial charge on any atom is -0.468 e. The van der Waals surface area contributed by atoms with Gasteiger partial charge >= 0.3 is 5.97 Å². The number of allylic oxidation sites excluding steroid dienone is 1. The van der Waals surface area contributed by atoms with Crippen molar-refractivity contribution < 1.29 is 9.53 Å². The second kappa shape index (κ2) is 5.81. The molecule has 1 unspecified atom stereocenters. The number of rotatable bonds is 6. The van der Waals surface area contributed by atoms with Crippen molar-refractivity contribution in [1.82, 2.24) is 5.32 Å². The van der Waals surface area contributed by atoms with Crippen LogP contribution in [-0.2, 0) is 9.53 Å². The van der Waals surface area contributed by atoms with Crippen LogP contribution in [0, 0.1) is 5.92 Å². The van der Waals surface area contributed by atoms with E-state index in [4.69, 9.17) is 4.74 Å². The van der Waals surface area contributed by atoms with Gasteiger partial charge in [-0.1, -0.05) is 12.2 Å². The summed E-state index contributed by atoms with van der Waals surface area (Å²) in [5, 5.41) is 3.24. The van der Waals surface area contributed by atoms with Gasteiger partial charge in [0.2, 0.25) is 0 Å². The van der Waals surface area contributed by atoms with E-state index in [1.807, 2.05) is 13.0 Å². The Morgan fingerprint density at radius 3 is 2.86 bits per heavy atom. The molecule has 0 amide bonds. The maximum absolute atomic E-state index is 11.4. The maximum Gasteiger partial charge on any atom is 0.323 e. The normalized spacial score (nSPS) is 18.4. The van der Waals surface area contributed by atoms with E-state index in [0.29, 0.717) is 5.92 Å². The molecule has 0 aromatic carbocycles. The van der Waals surface area contributed by atoms with Gasteiger partial charge in [-0.2, -0.15) is 0 Å². The van der Waals surface area contributed by atoms with E-state index in [9.17, 15) is 4.79 Å². The number of nitrogens with one attached hydrogen (secondary N) is 1. The van der Waals surface area contributed by atoms with E-state index in [2.05, 4.69) is 11.4 Å². The van der Waals surface area contributed by atoms with Gasteiger partial charge in [0, 0.05) is 0 Å². The standard InChI is InChI=1S/C11H19NO2/c1-3-4-5-8-12-10(9-6-7-9)11(13)14-2/h3-4,9-10,12H,5-8H2,1-2H3/b4-3+. The first-order chi connectivity index (χ1) is 6.79. The predicted octanol–water partition coefficient (Wildman–Crippen LogP) is 1.49. The van der Waals surface area contributed by atoms with Gasteiger partial charge < -0.3 is 10.1 Å². The smallest absolute Gasteiger partial charge is 0.323 e. The zero-order valence-electron chi connectivity index (χ0n) is 8.95. The predicted molar refractivity (Wildman–Crippen MR) is 56.0 cm³/mol. The molecule has 1 atom stereocenters. The van der Waals surface area contributed by atoms with Crippen molar-refractivity contribution in [3.05, 3.63) is 12.2 Å². The van der Waals surface area contributed by atoms with Crippen LogP contribution in [0.3, 0.4) is 0 Å². The third-order valence-electron chi connectivity index (χ3n) is 2.46. The van der Waals surface area contributed by atoms with Crippen molar-refractivity contribution in [3.8, 4) is 0 Å². The minimum absolute atomic E-state index is 0.0785. The van der Waals surface area contributed by atoms with Crippen molar-refractivity contribution in [2.75, 3.05) is 13.7 Å². The van der Waals surface area contributed by atoms with Crippen LogP contribution in [0.25, 0.3) is 0 Å². The highest BCUT2D eigenvalue weighted by atomic mass is 16.5. The minimum atomic E-state index is -0.118. The summed E-state index contributed by atoms with van der Waals surface area (Å²) < 4.78 is 4.75. The van der Waals surface area contributed by atoms with Gasteiger partial charge in [-0.3, -0.25) is 4.79 Å². The van der Waals surface area contributed by atoms with Crippen molar-refractivity contribution in [2.24, 2.45) is 5.92 Å². The summed E-state index contributed by atoms with van der Waals surface area (Å²) in [5.74, 6) is 0.390. The number of ether oxygens (including phenoxy) is 1. The number of hydrogen-bond acceptors (Lipinski definition) is 3. The monoisotopic (exact) mass is 197 g/mol. The Morgan fingerprint density at radius 2 is 2.36 bits per heavy atom. The van der Waals surface area contributed by atoms with Gasteiger partial charge in [0.25, 0.3) is 0 Å². The lowest BCUT2D eigenvalue weighted by molar-refractivity contribution is -0.143. The third-order valence-corrected chi connectivity index (χ3v) is 2.46. The molecule has 0 aliphatic heterocycles. The summed E-state index contributed by atoms with van der Waals surface area (Å²) in [5.41, 5.74) is 0. The molecule has 0 heterocycles. The maximum atomic E-state index is 11.4. The highest BCUT2D eigenvalue weighted by Crippen LogP contribution is 2.33. The molecule has 0 spiro atoms. The second-order valence-corrected chi connectivity index (χ2v) is 3.65. The average Bonchev–Trinajstić information content (AvgIpc) is 3.01. The Labute approximate surface area is 85.5 Å². The lowest BCUT2D eigenvalue weighted by Gasteiger charge is -2.14. The lowest BCUT2D eigenvalue weighted by Crippen LogP contribution is -2.39. The molecule has 0 aromatic heterocycles. The molecule has 0 bridgehead atoms. The molecule has 80 valence electrons. The summed E-state index contributed by atoms with van der Waals surface area (Å²) in [4.78, 5) is 11.4. The molecule has 0 saturated heterocycles. The SMILES string of the molecule is C/C=C/CCNC(C(=O)OC)C1CC1. The van der Waals surface area contributed by atoms with Crippen molar-refractivity contribution in [3.63, 3.8) is 0 Å². The number of esters is 1. The van der Waals surface area contributed by atoms with Gasteiger partial charge in [-0.25, -0.2) is 0 Å². The Balaban J connectivity index is 2.25. The first kappa shape index (κ1) is 11.2. The van der Waals surface area contributed by atoms with Gasteiger partial charge in [-0.05, 0) is 38.6 Å². The average molecular weight is 197 g/mol. The van der Waals surface area contributed by atoms with Gasteiger partial charge in [-0.15, -0.1) is 0 Å². The fourth-order valence-corrected chi connectivity index (χ4v) is 1.49. The molecular formula is C11H19NO2. The van der Waals surface area contributed by atoms with Crippen molar-refractivity contribution in [2.45, 2.75) is 32.2 Å². The molecular weight excluding hydrogens is 178 g/mol. The molecule has 1 saturated carbocycles. The van der Waals surface area contributed by atoms with Crippen molar-refractivity contribution in [1.29, 1.82) is 0 Å². The van der Waals surface area contributed by atoms with Gasteiger partial charge in [0.1, 0.15) is 6.04 Å². The van der Waals surface area contributed by atoms with Crippen LogP contribution in [0.1, 0.15) is 26.2 Å². The fraction of sp³-hybridized carbons (Fsp3) is 0.727. The Bertz CT molecular complexity index is 209. The molecule has 1 N–H and O–H groups in total. The molecule has 1 rings (SSSR count). The second-order valence-electron chi connectivity index (χ2n) is 3.65. The zero-order chi connectivity index (χ0) is 10.4. The van der Waals surface area contributed by atoms with Crippen LogP contribution >= 0.6 is 0 Å².